The van der Waals surface area contributed by atoms with E-state index in [1.165, 1.54) is 28.7 Å². The Bertz CT molecular complexity index is 1420. The maximum Gasteiger partial charge on any atom is 0.363 e. The molecule has 3 aromatic heterocycles. The minimum Gasteiger partial charge on any atom is -0.453 e. The van der Waals surface area contributed by atoms with E-state index in [0.717, 1.165) is 21.7 Å². The summed E-state index contributed by atoms with van der Waals surface area (Å²) in [5.41, 5.74) is 3.48. The maximum atomic E-state index is 10.8. The molecule has 0 N–H and O–H groups in total. The molecular weight excluding hydrogens is 368 g/mol. The lowest BCUT2D eigenvalue weighted by molar-refractivity contribution is -0.389. The van der Waals surface area contributed by atoms with E-state index in [0.29, 0.717) is 11.5 Å². The number of rotatable bonds is 3. The second-order valence-electron chi connectivity index (χ2n) is 6.94. The molecule has 7 nitrogen and oxygen atoms in total. The summed E-state index contributed by atoms with van der Waals surface area (Å²) >= 11 is 0. The molecule has 0 unspecified atom stereocenters. The van der Waals surface area contributed by atoms with Gasteiger partial charge in [-0.15, -0.1) is 0 Å². The largest absolute Gasteiger partial charge is 0.453 e. The number of hydrogen-bond donors (Lipinski definition) is 0. The van der Waals surface area contributed by atoms with Gasteiger partial charge >= 0.3 is 5.82 Å². The highest BCUT2D eigenvalue weighted by Gasteiger charge is 2.14. The predicted octanol–water partition coefficient (Wildman–Crippen LogP) is 5.28. The van der Waals surface area contributed by atoms with E-state index in [-0.39, 0.29) is 5.82 Å². The molecule has 3 heterocycles. The molecule has 0 atom stereocenters. The van der Waals surface area contributed by atoms with Gasteiger partial charge in [0.25, 0.3) is 0 Å². The molecule has 0 spiro atoms. The monoisotopic (exact) mass is 384 g/mol. The number of hydrogen-bond acceptors (Lipinski definition) is 5. The van der Waals surface area contributed by atoms with Crippen LogP contribution in [-0.4, -0.2) is 19.5 Å². The summed E-state index contributed by atoms with van der Waals surface area (Å²) in [6, 6.07) is 13.0. The fourth-order valence-corrected chi connectivity index (χ4v) is 3.94. The van der Waals surface area contributed by atoms with Crippen molar-refractivity contribution in [2.45, 2.75) is 6.92 Å². The summed E-state index contributed by atoms with van der Waals surface area (Å²) < 4.78 is 8.08. The van der Waals surface area contributed by atoms with Crippen LogP contribution in [0.5, 0.6) is 11.5 Å². The molecule has 0 bridgehead atoms. The van der Waals surface area contributed by atoms with Crippen molar-refractivity contribution in [1.29, 1.82) is 0 Å². The third kappa shape index (κ3) is 2.67. The third-order valence-corrected chi connectivity index (χ3v) is 5.26. The lowest BCUT2D eigenvalue weighted by atomic mass is 10.0. The number of pyridine rings is 2. The van der Waals surface area contributed by atoms with Crippen molar-refractivity contribution >= 4 is 38.4 Å². The first-order valence-electron chi connectivity index (χ1n) is 9.07. The molecular formula is C22H16N4O3. The highest BCUT2D eigenvalue weighted by molar-refractivity contribution is 6.14. The summed E-state index contributed by atoms with van der Waals surface area (Å²) in [6.07, 6.45) is 5.05. The topological polar surface area (TPSA) is 83.1 Å². The molecule has 7 heteroatoms. The van der Waals surface area contributed by atoms with Gasteiger partial charge in [-0.05, 0) is 64.2 Å². The van der Waals surface area contributed by atoms with Crippen LogP contribution in [0.25, 0.3) is 32.6 Å². The van der Waals surface area contributed by atoms with Crippen molar-refractivity contribution in [2.24, 2.45) is 7.05 Å². The van der Waals surface area contributed by atoms with Gasteiger partial charge < -0.3 is 19.4 Å². The molecule has 29 heavy (non-hydrogen) atoms. The molecule has 0 fully saturated rings. The zero-order valence-corrected chi connectivity index (χ0v) is 15.8. The number of benzene rings is 2. The first-order valence-corrected chi connectivity index (χ1v) is 9.07. The normalized spacial score (nSPS) is 11.4. The molecule has 0 aliphatic carbocycles. The highest BCUT2D eigenvalue weighted by atomic mass is 16.6. The van der Waals surface area contributed by atoms with E-state index in [1.54, 1.807) is 6.07 Å². The van der Waals surface area contributed by atoms with Crippen LogP contribution in [-0.2, 0) is 7.05 Å². The Balaban J connectivity index is 1.66. The van der Waals surface area contributed by atoms with Crippen LogP contribution in [0.1, 0.15) is 5.56 Å². The molecule has 0 aliphatic heterocycles. The quantitative estimate of drug-likeness (QED) is 0.312. The van der Waals surface area contributed by atoms with E-state index in [4.69, 9.17) is 4.74 Å². The van der Waals surface area contributed by atoms with Crippen molar-refractivity contribution < 1.29 is 9.66 Å². The van der Waals surface area contributed by atoms with E-state index >= 15 is 0 Å². The zero-order valence-electron chi connectivity index (χ0n) is 15.8. The first-order chi connectivity index (χ1) is 14.0. The molecule has 0 radical (unpaired) electrons. The fraction of sp³-hybridized carbons (Fsp3) is 0.0909. The number of nitrogens with zero attached hydrogens (tertiary/aromatic N) is 4. The molecule has 0 aliphatic rings. The van der Waals surface area contributed by atoms with E-state index in [2.05, 4.69) is 34.6 Å². The molecule has 2 aromatic carbocycles. The molecule has 0 amide bonds. The summed E-state index contributed by atoms with van der Waals surface area (Å²) in [6.45, 7) is 2.13. The van der Waals surface area contributed by atoms with Crippen LogP contribution in [0.2, 0.25) is 0 Å². The van der Waals surface area contributed by atoms with Crippen LogP contribution in [0, 0.1) is 17.0 Å². The van der Waals surface area contributed by atoms with Crippen molar-refractivity contribution in [3.05, 3.63) is 76.7 Å². The Morgan fingerprint density at radius 3 is 2.59 bits per heavy atom. The average molecular weight is 384 g/mol. The van der Waals surface area contributed by atoms with Crippen LogP contribution >= 0.6 is 0 Å². The number of aryl methyl sites for hydroxylation is 2. The fourth-order valence-electron chi connectivity index (χ4n) is 3.94. The second kappa shape index (κ2) is 6.27. The zero-order chi connectivity index (χ0) is 20.1. The maximum absolute atomic E-state index is 10.8. The minimum absolute atomic E-state index is 0.210. The van der Waals surface area contributed by atoms with Gasteiger partial charge in [0.15, 0.2) is 11.9 Å². The Morgan fingerprint density at radius 1 is 1.00 bits per heavy atom. The lowest BCUT2D eigenvalue weighted by Gasteiger charge is -2.06. The van der Waals surface area contributed by atoms with E-state index in [9.17, 15) is 10.1 Å². The number of aromatic nitrogens is 3. The van der Waals surface area contributed by atoms with Gasteiger partial charge in [-0.1, -0.05) is 0 Å². The van der Waals surface area contributed by atoms with Crippen LogP contribution in [0.3, 0.4) is 0 Å². The number of ether oxygens (including phenoxy) is 1. The van der Waals surface area contributed by atoms with Gasteiger partial charge in [-0.2, -0.15) is 0 Å². The third-order valence-electron chi connectivity index (χ3n) is 5.26. The van der Waals surface area contributed by atoms with Crippen LogP contribution in [0.15, 0.2) is 61.1 Å². The van der Waals surface area contributed by atoms with Crippen molar-refractivity contribution in [3.63, 3.8) is 0 Å². The Kier molecular flexibility index (Phi) is 3.70. The molecule has 5 aromatic rings. The van der Waals surface area contributed by atoms with Gasteiger partial charge in [0.2, 0.25) is 0 Å². The molecule has 0 saturated heterocycles. The molecule has 0 saturated carbocycles. The van der Waals surface area contributed by atoms with Gasteiger partial charge in [-0.3, -0.25) is 4.98 Å². The lowest BCUT2D eigenvalue weighted by Crippen LogP contribution is -1.92. The first kappa shape index (κ1) is 17.1. The summed E-state index contributed by atoms with van der Waals surface area (Å²) in [5.74, 6) is 0.878. The summed E-state index contributed by atoms with van der Waals surface area (Å²) in [5, 5.41) is 15.2. The van der Waals surface area contributed by atoms with Crippen molar-refractivity contribution in [2.75, 3.05) is 0 Å². The van der Waals surface area contributed by atoms with E-state index < -0.39 is 4.92 Å². The molecule has 142 valence electrons. The van der Waals surface area contributed by atoms with Gasteiger partial charge in [0.05, 0.1) is 5.52 Å². The Labute approximate surface area is 165 Å². The van der Waals surface area contributed by atoms with Gasteiger partial charge in [0.1, 0.15) is 5.75 Å². The van der Waals surface area contributed by atoms with Gasteiger partial charge in [0, 0.05) is 47.2 Å². The number of fused-ring (bicyclic) bond motifs is 4. The standard InChI is InChI=1S/C22H16N4O3/c1-13-17-7-8-23-11-14(17)9-19-18-10-15(3-5-20(18)25(2)22(13)19)29-16-4-6-21(24-12-16)26(27)28/h3-12H,1-2H3. The van der Waals surface area contributed by atoms with E-state index in [1.807, 2.05) is 36.7 Å². The summed E-state index contributed by atoms with van der Waals surface area (Å²) in [7, 11) is 2.06. The second-order valence-corrected chi connectivity index (χ2v) is 6.94. The summed E-state index contributed by atoms with van der Waals surface area (Å²) in [4.78, 5) is 18.3. The van der Waals surface area contributed by atoms with Crippen molar-refractivity contribution in [1.82, 2.24) is 14.5 Å². The molecule has 5 rings (SSSR count). The van der Waals surface area contributed by atoms with Crippen LogP contribution in [0.4, 0.5) is 5.82 Å². The predicted molar refractivity (Wildman–Crippen MR) is 111 cm³/mol. The Morgan fingerprint density at radius 2 is 1.83 bits per heavy atom. The average Bonchev–Trinajstić information content (AvgIpc) is 3.00. The highest BCUT2D eigenvalue weighted by Crippen LogP contribution is 2.37. The van der Waals surface area contributed by atoms with Crippen LogP contribution < -0.4 is 4.74 Å². The Hall–Kier alpha value is -4.00. The van der Waals surface area contributed by atoms with Gasteiger partial charge in [-0.25, -0.2) is 0 Å². The van der Waals surface area contributed by atoms with Crippen molar-refractivity contribution in [3.8, 4) is 11.5 Å². The smallest absolute Gasteiger partial charge is 0.363 e. The minimum atomic E-state index is -0.534. The SMILES string of the molecule is Cc1c2ccncc2cc2c3cc(Oc4ccc([N+](=O)[O-])nc4)ccc3n(C)c12. The number of nitro groups is 1.